The van der Waals surface area contributed by atoms with E-state index >= 15 is 0 Å². The molecule has 0 heterocycles. The number of nitrogens with zero attached hydrogens (tertiary/aromatic N) is 1. The zero-order valence-electron chi connectivity index (χ0n) is 13.5. The Morgan fingerprint density at radius 1 is 1.19 bits per heavy atom. The minimum atomic E-state index is -0.263. The molecule has 0 unspecified atom stereocenters. The highest BCUT2D eigenvalue weighted by Crippen LogP contribution is 2.17. The van der Waals surface area contributed by atoms with Gasteiger partial charge in [-0.2, -0.15) is 0 Å². The lowest BCUT2D eigenvalue weighted by Gasteiger charge is -2.16. The van der Waals surface area contributed by atoms with Crippen LogP contribution in [-0.4, -0.2) is 30.3 Å². The average molecular weight is 290 g/mol. The molecule has 21 heavy (non-hydrogen) atoms. The highest BCUT2D eigenvalue weighted by Gasteiger charge is 2.13. The standard InChI is InChI=1S/C17H26N2O2/c1-5-6-11-19(4)17(21)12-16(20)18-15-9-7-14(8-10-15)13(2)3/h7-10,13H,5-6,11-12H2,1-4H3,(H,18,20). The van der Waals surface area contributed by atoms with Gasteiger partial charge in [-0.25, -0.2) is 0 Å². The molecule has 2 amide bonds. The number of unbranched alkanes of at least 4 members (excludes halogenated alkanes) is 1. The van der Waals surface area contributed by atoms with Crippen LogP contribution in [0.3, 0.4) is 0 Å². The van der Waals surface area contributed by atoms with Gasteiger partial charge in [-0.3, -0.25) is 9.59 Å². The summed E-state index contributed by atoms with van der Waals surface area (Å²) >= 11 is 0. The van der Waals surface area contributed by atoms with Gasteiger partial charge in [0.15, 0.2) is 0 Å². The molecule has 0 aliphatic rings. The third-order valence-electron chi connectivity index (χ3n) is 3.45. The van der Waals surface area contributed by atoms with E-state index in [1.165, 1.54) is 5.56 Å². The molecule has 1 aromatic rings. The lowest BCUT2D eigenvalue weighted by atomic mass is 10.0. The van der Waals surface area contributed by atoms with Crippen LogP contribution in [0.5, 0.6) is 0 Å². The molecule has 116 valence electrons. The number of carbonyl (C=O) groups is 2. The average Bonchev–Trinajstić information content (AvgIpc) is 2.45. The van der Waals surface area contributed by atoms with Gasteiger partial charge >= 0.3 is 0 Å². The zero-order chi connectivity index (χ0) is 15.8. The SMILES string of the molecule is CCCCN(C)C(=O)CC(=O)Nc1ccc(C(C)C)cc1. The normalized spacial score (nSPS) is 10.5. The number of rotatable bonds is 7. The Morgan fingerprint density at radius 2 is 1.81 bits per heavy atom. The van der Waals surface area contributed by atoms with Crippen LogP contribution in [0.25, 0.3) is 0 Å². The predicted molar refractivity (Wildman–Crippen MR) is 86.3 cm³/mol. The number of hydrogen-bond donors (Lipinski definition) is 1. The number of benzene rings is 1. The first-order valence-electron chi connectivity index (χ1n) is 7.57. The number of nitrogens with one attached hydrogen (secondary N) is 1. The lowest BCUT2D eigenvalue weighted by molar-refractivity contribution is -0.133. The van der Waals surface area contributed by atoms with Gasteiger partial charge in [0.2, 0.25) is 11.8 Å². The van der Waals surface area contributed by atoms with Crippen molar-refractivity contribution in [2.24, 2.45) is 0 Å². The lowest BCUT2D eigenvalue weighted by Crippen LogP contribution is -2.31. The third-order valence-corrected chi connectivity index (χ3v) is 3.45. The summed E-state index contributed by atoms with van der Waals surface area (Å²) in [6.07, 6.45) is 1.89. The van der Waals surface area contributed by atoms with Crippen molar-refractivity contribution in [1.82, 2.24) is 4.90 Å². The Bertz CT molecular complexity index is 466. The highest BCUT2D eigenvalue weighted by molar-refractivity contribution is 6.03. The van der Waals surface area contributed by atoms with Crippen LogP contribution >= 0.6 is 0 Å². The van der Waals surface area contributed by atoms with Gasteiger partial charge in [-0.15, -0.1) is 0 Å². The van der Waals surface area contributed by atoms with Crippen LogP contribution in [0, 0.1) is 0 Å². The van der Waals surface area contributed by atoms with Gasteiger partial charge < -0.3 is 10.2 Å². The van der Waals surface area contributed by atoms with E-state index in [2.05, 4.69) is 26.1 Å². The van der Waals surface area contributed by atoms with Gasteiger partial charge in [0.25, 0.3) is 0 Å². The Labute approximate surface area is 127 Å². The molecule has 1 aromatic carbocycles. The molecule has 0 aliphatic carbocycles. The molecular formula is C17H26N2O2. The maximum absolute atomic E-state index is 11.9. The summed E-state index contributed by atoms with van der Waals surface area (Å²) in [6.45, 7) is 7.02. The monoisotopic (exact) mass is 290 g/mol. The van der Waals surface area contributed by atoms with Gasteiger partial charge in [0.05, 0.1) is 0 Å². The van der Waals surface area contributed by atoms with Crippen molar-refractivity contribution in [2.45, 2.75) is 46.0 Å². The fourth-order valence-corrected chi connectivity index (χ4v) is 1.95. The molecule has 0 radical (unpaired) electrons. The molecule has 0 aromatic heterocycles. The summed E-state index contributed by atoms with van der Waals surface area (Å²) in [5.41, 5.74) is 1.96. The van der Waals surface area contributed by atoms with Crippen molar-refractivity contribution < 1.29 is 9.59 Å². The fraction of sp³-hybridized carbons (Fsp3) is 0.529. The van der Waals surface area contributed by atoms with E-state index < -0.39 is 0 Å². The molecule has 0 fully saturated rings. The van der Waals surface area contributed by atoms with Crippen molar-refractivity contribution in [1.29, 1.82) is 0 Å². The first kappa shape index (κ1) is 17.2. The Morgan fingerprint density at radius 3 is 2.33 bits per heavy atom. The van der Waals surface area contributed by atoms with Gasteiger partial charge in [-0.1, -0.05) is 39.3 Å². The molecular weight excluding hydrogens is 264 g/mol. The van der Waals surface area contributed by atoms with E-state index in [4.69, 9.17) is 0 Å². The smallest absolute Gasteiger partial charge is 0.233 e. The van der Waals surface area contributed by atoms with Crippen LogP contribution in [0.2, 0.25) is 0 Å². The molecule has 4 heteroatoms. The largest absolute Gasteiger partial charge is 0.345 e. The van der Waals surface area contributed by atoms with E-state index in [9.17, 15) is 9.59 Å². The predicted octanol–water partition coefficient (Wildman–Crippen LogP) is 3.40. The summed E-state index contributed by atoms with van der Waals surface area (Å²) in [4.78, 5) is 25.3. The van der Waals surface area contributed by atoms with E-state index in [0.29, 0.717) is 12.5 Å². The second-order valence-electron chi connectivity index (χ2n) is 5.67. The minimum Gasteiger partial charge on any atom is -0.345 e. The van der Waals surface area contributed by atoms with Crippen molar-refractivity contribution in [2.75, 3.05) is 18.9 Å². The molecule has 0 spiro atoms. The summed E-state index contributed by atoms with van der Waals surface area (Å²) in [7, 11) is 1.74. The molecule has 0 aliphatic heterocycles. The van der Waals surface area contributed by atoms with Crippen LogP contribution in [0.15, 0.2) is 24.3 Å². The first-order valence-corrected chi connectivity index (χ1v) is 7.57. The number of anilines is 1. The second-order valence-corrected chi connectivity index (χ2v) is 5.67. The summed E-state index contributed by atoms with van der Waals surface area (Å²) < 4.78 is 0. The van der Waals surface area contributed by atoms with Crippen LogP contribution in [-0.2, 0) is 9.59 Å². The molecule has 1 rings (SSSR count). The highest BCUT2D eigenvalue weighted by atomic mass is 16.2. The van der Waals surface area contributed by atoms with Crippen LogP contribution in [0.4, 0.5) is 5.69 Å². The van der Waals surface area contributed by atoms with Gasteiger partial charge in [0, 0.05) is 19.3 Å². The van der Waals surface area contributed by atoms with Gasteiger partial charge in [-0.05, 0) is 30.0 Å². The van der Waals surface area contributed by atoms with Gasteiger partial charge in [0.1, 0.15) is 6.42 Å². The third kappa shape index (κ3) is 5.98. The quantitative estimate of drug-likeness (QED) is 0.782. The second kappa shape index (κ2) is 8.45. The Balaban J connectivity index is 2.47. The fourth-order valence-electron chi connectivity index (χ4n) is 1.95. The molecule has 0 saturated heterocycles. The summed E-state index contributed by atoms with van der Waals surface area (Å²) in [5, 5.41) is 2.76. The molecule has 0 saturated carbocycles. The molecule has 1 N–H and O–H groups in total. The van der Waals surface area contributed by atoms with E-state index in [-0.39, 0.29) is 18.2 Å². The van der Waals surface area contributed by atoms with Crippen molar-refractivity contribution in [3.63, 3.8) is 0 Å². The van der Waals surface area contributed by atoms with E-state index in [1.54, 1.807) is 11.9 Å². The Kier molecular flexibility index (Phi) is 6.92. The molecule has 0 bridgehead atoms. The van der Waals surface area contributed by atoms with Crippen molar-refractivity contribution in [3.05, 3.63) is 29.8 Å². The van der Waals surface area contributed by atoms with Crippen LogP contribution in [0.1, 0.15) is 51.5 Å². The van der Waals surface area contributed by atoms with Crippen molar-refractivity contribution >= 4 is 17.5 Å². The maximum atomic E-state index is 11.9. The molecule has 0 atom stereocenters. The minimum absolute atomic E-state index is 0.105. The van der Waals surface area contributed by atoms with E-state index in [0.717, 1.165) is 18.5 Å². The zero-order valence-corrected chi connectivity index (χ0v) is 13.5. The maximum Gasteiger partial charge on any atom is 0.233 e. The Hall–Kier alpha value is -1.84. The number of amides is 2. The number of carbonyl (C=O) groups excluding carboxylic acids is 2. The van der Waals surface area contributed by atoms with E-state index in [1.807, 2.05) is 24.3 Å². The summed E-state index contributed by atoms with van der Waals surface area (Å²) in [5.74, 6) is 0.0592. The van der Waals surface area contributed by atoms with Crippen molar-refractivity contribution in [3.8, 4) is 0 Å². The topological polar surface area (TPSA) is 49.4 Å². The van der Waals surface area contributed by atoms with Crippen LogP contribution < -0.4 is 5.32 Å². The number of hydrogen-bond acceptors (Lipinski definition) is 2. The summed E-state index contributed by atoms with van der Waals surface area (Å²) in [6, 6.07) is 7.74. The first-order chi connectivity index (χ1) is 9.93. The molecule has 4 nitrogen and oxygen atoms in total.